The molecule has 96 valence electrons. The third-order valence-corrected chi connectivity index (χ3v) is 3.12. The van der Waals surface area contributed by atoms with Crippen molar-refractivity contribution in [2.24, 2.45) is 0 Å². The molecular weight excluding hydrogens is 278 g/mol. The molecule has 0 unspecified atom stereocenters. The van der Waals surface area contributed by atoms with Crippen LogP contribution in [0.25, 0.3) is 0 Å². The quantitative estimate of drug-likeness (QED) is 0.613. The maximum atomic E-state index is 13.3. The first-order valence-electron chi connectivity index (χ1n) is 4.41. The molecule has 1 aromatic rings. The molecule has 0 aromatic heterocycles. The molecule has 8 heteroatoms. The molecule has 0 heterocycles. The fourth-order valence-electron chi connectivity index (χ4n) is 1.04. The molecule has 0 amide bonds. The molecule has 17 heavy (non-hydrogen) atoms. The summed E-state index contributed by atoms with van der Waals surface area (Å²) in [5, 5.41) is 0. The number of benzene rings is 1. The van der Waals surface area contributed by atoms with Crippen molar-refractivity contribution in [3.63, 3.8) is 0 Å². The van der Waals surface area contributed by atoms with Gasteiger partial charge in [0.1, 0.15) is 6.61 Å². The highest BCUT2D eigenvalue weighted by molar-refractivity contribution is 8.13. The number of ether oxygens (including phenoxy) is 2. The molecule has 0 saturated heterocycles. The van der Waals surface area contributed by atoms with E-state index in [1.165, 1.54) is 7.11 Å². The van der Waals surface area contributed by atoms with Gasteiger partial charge in [0, 0.05) is 17.8 Å². The zero-order valence-electron chi connectivity index (χ0n) is 8.74. The summed E-state index contributed by atoms with van der Waals surface area (Å²) in [5.41, 5.74) is 0. The van der Waals surface area contributed by atoms with Crippen LogP contribution in [0, 0.1) is 11.6 Å². The first-order valence-corrected chi connectivity index (χ1v) is 6.72. The number of rotatable bonds is 5. The van der Waals surface area contributed by atoms with Crippen LogP contribution >= 0.6 is 10.7 Å². The Morgan fingerprint density at radius 2 is 1.76 bits per heavy atom. The average molecular weight is 287 g/mol. The van der Waals surface area contributed by atoms with Gasteiger partial charge in [-0.25, -0.2) is 17.2 Å². The summed E-state index contributed by atoms with van der Waals surface area (Å²) in [7, 11) is 2.18. The first kappa shape index (κ1) is 14.1. The lowest BCUT2D eigenvalue weighted by atomic mass is 10.3. The topological polar surface area (TPSA) is 52.6 Å². The largest absolute Gasteiger partial charge is 0.485 e. The molecule has 0 radical (unpaired) electrons. The van der Waals surface area contributed by atoms with E-state index < -0.39 is 31.3 Å². The van der Waals surface area contributed by atoms with Crippen molar-refractivity contribution in [1.82, 2.24) is 0 Å². The van der Waals surface area contributed by atoms with Crippen LogP contribution in [0.5, 0.6) is 5.75 Å². The van der Waals surface area contributed by atoms with Crippen molar-refractivity contribution >= 4 is 19.7 Å². The molecule has 0 bridgehead atoms. The molecule has 0 N–H and O–H groups in total. The summed E-state index contributed by atoms with van der Waals surface area (Å²) in [6.07, 6.45) is 0. The van der Waals surface area contributed by atoms with E-state index in [1.807, 2.05) is 0 Å². The molecule has 1 aromatic carbocycles. The van der Waals surface area contributed by atoms with Crippen LogP contribution in [0.15, 0.2) is 17.0 Å². The fourth-order valence-corrected chi connectivity index (χ4v) is 1.80. The second-order valence-corrected chi connectivity index (χ2v) is 5.56. The fraction of sp³-hybridized carbons (Fsp3) is 0.333. The predicted molar refractivity (Wildman–Crippen MR) is 56.8 cm³/mol. The Bertz CT molecular complexity index is 481. The van der Waals surface area contributed by atoms with E-state index in [0.717, 1.165) is 0 Å². The zero-order chi connectivity index (χ0) is 13.1. The number of halogens is 3. The minimum Gasteiger partial charge on any atom is -0.485 e. The van der Waals surface area contributed by atoms with Crippen LogP contribution in [0.3, 0.4) is 0 Å². The molecule has 0 fully saturated rings. The molecule has 0 spiro atoms. The summed E-state index contributed by atoms with van der Waals surface area (Å²) in [4.78, 5) is -0.659. The Morgan fingerprint density at radius 1 is 1.24 bits per heavy atom. The van der Waals surface area contributed by atoms with Gasteiger partial charge in [-0.15, -0.1) is 0 Å². The molecular formula is C9H9ClF2O4S. The van der Waals surface area contributed by atoms with Gasteiger partial charge in [-0.2, -0.15) is 0 Å². The number of methoxy groups -OCH3 is 1. The van der Waals surface area contributed by atoms with Crippen LogP contribution in [0.4, 0.5) is 8.78 Å². The number of hydrogen-bond acceptors (Lipinski definition) is 4. The van der Waals surface area contributed by atoms with Crippen molar-refractivity contribution < 1.29 is 26.7 Å². The molecule has 0 atom stereocenters. The highest BCUT2D eigenvalue weighted by atomic mass is 35.7. The van der Waals surface area contributed by atoms with Crippen molar-refractivity contribution in [3.05, 3.63) is 23.8 Å². The van der Waals surface area contributed by atoms with Gasteiger partial charge in [-0.3, -0.25) is 0 Å². The summed E-state index contributed by atoms with van der Waals surface area (Å²) < 4.78 is 57.8. The van der Waals surface area contributed by atoms with E-state index in [0.29, 0.717) is 12.1 Å². The summed E-state index contributed by atoms with van der Waals surface area (Å²) in [6, 6.07) is 1.18. The Labute approximate surface area is 102 Å². The second-order valence-electron chi connectivity index (χ2n) is 3.00. The highest BCUT2D eigenvalue weighted by Crippen LogP contribution is 2.26. The maximum absolute atomic E-state index is 13.3. The van der Waals surface area contributed by atoms with E-state index in [9.17, 15) is 17.2 Å². The van der Waals surface area contributed by atoms with E-state index in [4.69, 9.17) is 15.4 Å². The van der Waals surface area contributed by atoms with Gasteiger partial charge in [-0.1, -0.05) is 0 Å². The van der Waals surface area contributed by atoms with Gasteiger partial charge in [0.2, 0.25) is 0 Å². The van der Waals surface area contributed by atoms with Gasteiger partial charge in [0.25, 0.3) is 9.05 Å². The van der Waals surface area contributed by atoms with Gasteiger partial charge >= 0.3 is 0 Å². The van der Waals surface area contributed by atoms with Crippen molar-refractivity contribution in [2.75, 3.05) is 20.3 Å². The van der Waals surface area contributed by atoms with Crippen LogP contribution in [-0.4, -0.2) is 28.7 Å². The van der Waals surface area contributed by atoms with E-state index >= 15 is 0 Å². The third-order valence-electron chi connectivity index (χ3n) is 1.79. The van der Waals surface area contributed by atoms with E-state index in [-0.39, 0.29) is 13.2 Å². The molecule has 0 aliphatic heterocycles. The Balaban J connectivity index is 3.03. The van der Waals surface area contributed by atoms with Crippen LogP contribution in [0.2, 0.25) is 0 Å². The van der Waals surface area contributed by atoms with Crippen molar-refractivity contribution in [3.8, 4) is 5.75 Å². The summed E-state index contributed by atoms with van der Waals surface area (Å²) in [5.74, 6) is -2.94. The smallest absolute Gasteiger partial charge is 0.261 e. The molecule has 0 aliphatic rings. The van der Waals surface area contributed by atoms with Gasteiger partial charge in [0.05, 0.1) is 11.5 Å². The van der Waals surface area contributed by atoms with Crippen molar-refractivity contribution in [1.29, 1.82) is 0 Å². The van der Waals surface area contributed by atoms with Crippen molar-refractivity contribution in [2.45, 2.75) is 4.90 Å². The lowest BCUT2D eigenvalue weighted by Crippen LogP contribution is -2.07. The standard InChI is InChI=1S/C9H9ClF2O4S/c1-15-2-3-16-9-7(11)4-6(5-8(9)12)17(10,13)14/h4-5H,2-3H2,1H3. The maximum Gasteiger partial charge on any atom is 0.261 e. The summed E-state index contributed by atoms with van der Waals surface area (Å²) >= 11 is 0. The predicted octanol–water partition coefficient (Wildman–Crippen LogP) is 1.92. The first-order chi connectivity index (χ1) is 7.86. The minimum absolute atomic E-state index is 0.0582. The van der Waals surface area contributed by atoms with Crippen LogP contribution in [0.1, 0.15) is 0 Å². The second kappa shape index (κ2) is 5.61. The lowest BCUT2D eigenvalue weighted by Gasteiger charge is -2.08. The van der Waals surface area contributed by atoms with Crippen LogP contribution < -0.4 is 4.74 Å². The van der Waals surface area contributed by atoms with Gasteiger partial charge in [-0.05, 0) is 12.1 Å². The minimum atomic E-state index is -4.18. The molecule has 1 rings (SSSR count). The lowest BCUT2D eigenvalue weighted by molar-refractivity contribution is 0.141. The Kier molecular flexibility index (Phi) is 4.67. The Hall–Kier alpha value is -0.920. The van der Waals surface area contributed by atoms with Gasteiger partial charge < -0.3 is 9.47 Å². The summed E-state index contributed by atoms with van der Waals surface area (Å²) in [6.45, 7) is 0.0890. The molecule has 0 saturated carbocycles. The SMILES string of the molecule is COCCOc1c(F)cc(S(=O)(=O)Cl)cc1F. The molecule has 4 nitrogen and oxygen atoms in total. The zero-order valence-corrected chi connectivity index (χ0v) is 10.3. The van der Waals surface area contributed by atoms with E-state index in [2.05, 4.69) is 4.74 Å². The monoisotopic (exact) mass is 286 g/mol. The third kappa shape index (κ3) is 3.79. The van der Waals surface area contributed by atoms with E-state index in [1.54, 1.807) is 0 Å². The Morgan fingerprint density at radius 3 is 2.18 bits per heavy atom. The normalized spacial score (nSPS) is 11.5. The number of hydrogen-bond donors (Lipinski definition) is 0. The van der Waals surface area contributed by atoms with Crippen LogP contribution in [-0.2, 0) is 13.8 Å². The van der Waals surface area contributed by atoms with Gasteiger partial charge in [0.15, 0.2) is 17.4 Å². The molecule has 0 aliphatic carbocycles. The highest BCUT2D eigenvalue weighted by Gasteiger charge is 2.18. The average Bonchev–Trinajstić information content (AvgIpc) is 2.20.